The van der Waals surface area contributed by atoms with Gasteiger partial charge in [-0.15, -0.1) is 0 Å². The molecule has 2 heteroatoms. The highest BCUT2D eigenvalue weighted by Crippen LogP contribution is 2.48. The lowest BCUT2D eigenvalue weighted by Crippen LogP contribution is -2.01. The normalized spacial score (nSPS) is 11.3. The second-order valence-electron chi connectivity index (χ2n) is 13.9. The van der Waals surface area contributed by atoms with Crippen LogP contribution < -0.4 is 0 Å². The smallest absolute Gasteiger partial charge is 0.0794 e. The van der Waals surface area contributed by atoms with Crippen LogP contribution in [0, 0.1) is 0 Å². The molecule has 0 bridgehead atoms. The van der Waals surface area contributed by atoms with Gasteiger partial charge in [-0.2, -0.15) is 0 Å². The van der Waals surface area contributed by atoms with E-state index in [1.54, 1.807) is 0 Å². The van der Waals surface area contributed by atoms with Crippen molar-refractivity contribution in [3.8, 4) is 72.7 Å². The lowest BCUT2D eigenvalue weighted by Gasteiger charge is -2.23. The third-order valence-corrected chi connectivity index (χ3v) is 10.6. The zero-order valence-electron chi connectivity index (χ0n) is 30.2. The van der Waals surface area contributed by atoms with E-state index in [9.17, 15) is 0 Å². The molecule has 55 heavy (non-hydrogen) atoms. The molecule has 0 spiro atoms. The van der Waals surface area contributed by atoms with Gasteiger partial charge in [-0.1, -0.05) is 194 Å². The Kier molecular flexibility index (Phi) is 8.20. The number of hydrogen-bond acceptors (Lipinski definition) is 1. The number of aromatic nitrogens is 2. The van der Waals surface area contributed by atoms with Crippen molar-refractivity contribution in [3.05, 3.63) is 218 Å². The Bertz CT molecular complexity index is 2760. The van der Waals surface area contributed by atoms with E-state index >= 15 is 0 Å². The van der Waals surface area contributed by atoms with Crippen molar-refractivity contribution < 1.29 is 0 Å². The zero-order valence-corrected chi connectivity index (χ0v) is 30.2. The monoisotopic (exact) mass is 700 g/mol. The van der Waals surface area contributed by atoms with Crippen LogP contribution in [0.25, 0.3) is 94.5 Å². The molecule has 0 fully saturated rings. The third kappa shape index (κ3) is 5.82. The van der Waals surface area contributed by atoms with Gasteiger partial charge in [0.2, 0.25) is 0 Å². The van der Waals surface area contributed by atoms with E-state index in [0.717, 1.165) is 56.0 Å². The molecule has 8 aromatic carbocycles. The number of benzene rings is 8. The Morgan fingerprint density at radius 2 is 0.582 bits per heavy atom. The maximum Gasteiger partial charge on any atom is 0.0794 e. The van der Waals surface area contributed by atoms with Crippen LogP contribution >= 0.6 is 0 Å². The fraction of sp³-hybridized carbons (Fsp3) is 0. The molecule has 0 radical (unpaired) electrons. The average molecular weight is 701 g/mol. The Morgan fingerprint density at radius 3 is 1.02 bits per heavy atom. The Hall–Kier alpha value is -7.29. The highest BCUT2D eigenvalue weighted by Gasteiger charge is 2.25. The number of fused-ring (bicyclic) bond motifs is 3. The molecule has 0 atom stereocenters. The van der Waals surface area contributed by atoms with Crippen LogP contribution in [0.15, 0.2) is 218 Å². The van der Waals surface area contributed by atoms with Crippen LogP contribution in [0.2, 0.25) is 0 Å². The summed E-state index contributed by atoms with van der Waals surface area (Å²) in [7, 11) is 0. The highest BCUT2D eigenvalue weighted by atomic mass is 15.0. The van der Waals surface area contributed by atoms with Crippen molar-refractivity contribution in [2.75, 3.05) is 0 Å². The SMILES string of the molecule is c1ccc(-c2nc(-c3ccccc3)c(-c3ccccc3)c(-c3ccc(-c4ccc(-n5c6ccccc6c6ccccc65)cc4)cc3)c2-c2ccccc2)cc1. The van der Waals surface area contributed by atoms with Crippen LogP contribution in [0.3, 0.4) is 0 Å². The molecule has 2 aromatic heterocycles. The Labute approximate surface area is 321 Å². The molecule has 0 aliphatic rings. The summed E-state index contributed by atoms with van der Waals surface area (Å²) < 4.78 is 2.37. The molecule has 0 amide bonds. The summed E-state index contributed by atoms with van der Waals surface area (Å²) in [5.74, 6) is 0. The number of hydrogen-bond donors (Lipinski definition) is 0. The van der Waals surface area contributed by atoms with E-state index in [4.69, 9.17) is 4.98 Å². The van der Waals surface area contributed by atoms with Crippen molar-refractivity contribution in [2.24, 2.45) is 0 Å². The van der Waals surface area contributed by atoms with Crippen molar-refractivity contribution in [3.63, 3.8) is 0 Å². The maximum absolute atomic E-state index is 5.58. The third-order valence-electron chi connectivity index (χ3n) is 10.6. The van der Waals surface area contributed by atoms with Gasteiger partial charge >= 0.3 is 0 Å². The van der Waals surface area contributed by atoms with Crippen LogP contribution in [0.4, 0.5) is 0 Å². The zero-order chi connectivity index (χ0) is 36.6. The van der Waals surface area contributed by atoms with Crippen molar-refractivity contribution >= 4 is 21.8 Å². The Morgan fingerprint density at radius 1 is 0.255 bits per heavy atom. The first kappa shape index (κ1) is 32.4. The second-order valence-corrected chi connectivity index (χ2v) is 13.9. The van der Waals surface area contributed by atoms with E-state index in [0.29, 0.717) is 0 Å². The molecule has 0 aliphatic heterocycles. The maximum atomic E-state index is 5.58. The topological polar surface area (TPSA) is 17.8 Å². The van der Waals surface area contributed by atoms with Gasteiger partial charge in [-0.25, -0.2) is 4.98 Å². The van der Waals surface area contributed by atoms with Gasteiger partial charge in [0.05, 0.1) is 22.4 Å². The van der Waals surface area contributed by atoms with Crippen LogP contribution in [-0.4, -0.2) is 9.55 Å². The fourth-order valence-corrected chi connectivity index (χ4v) is 8.09. The lowest BCUT2D eigenvalue weighted by atomic mass is 9.83. The van der Waals surface area contributed by atoms with Crippen molar-refractivity contribution in [2.45, 2.75) is 0 Å². The number of rotatable bonds is 7. The van der Waals surface area contributed by atoms with E-state index in [1.807, 2.05) is 0 Å². The van der Waals surface area contributed by atoms with E-state index in [-0.39, 0.29) is 0 Å². The van der Waals surface area contributed by atoms with E-state index in [2.05, 4.69) is 223 Å². The summed E-state index contributed by atoms with van der Waals surface area (Å²) in [5, 5.41) is 2.54. The molecule has 0 N–H and O–H groups in total. The summed E-state index contributed by atoms with van der Waals surface area (Å²) in [6.45, 7) is 0. The lowest BCUT2D eigenvalue weighted by molar-refractivity contribution is 1.18. The van der Waals surface area contributed by atoms with Crippen molar-refractivity contribution in [1.82, 2.24) is 9.55 Å². The highest BCUT2D eigenvalue weighted by molar-refractivity contribution is 6.09. The number of pyridine rings is 1. The minimum absolute atomic E-state index is 0.963. The standard InChI is InChI=1S/C53H36N2/c1-5-17-39(18-6-1)50-49(51(40-19-7-2-8-20-40)53(43-23-11-4-12-24-43)54-52(50)42-21-9-3-10-22-42)41-31-29-37(30-32-41)38-33-35-44(36-34-38)55-47-27-15-13-25-45(47)46-26-14-16-28-48(46)55/h1-36H. The van der Waals surface area contributed by atoms with Gasteiger partial charge in [-0.3, -0.25) is 0 Å². The number of nitrogens with zero attached hydrogens (tertiary/aromatic N) is 2. The molecule has 10 aromatic rings. The minimum Gasteiger partial charge on any atom is -0.309 e. The van der Waals surface area contributed by atoms with Gasteiger partial charge in [0.25, 0.3) is 0 Å². The average Bonchev–Trinajstić information content (AvgIpc) is 3.61. The Balaban J connectivity index is 1.16. The predicted octanol–water partition coefficient (Wildman–Crippen LogP) is 14.2. The molecule has 10 rings (SSSR count). The summed E-state index contributed by atoms with van der Waals surface area (Å²) in [6.07, 6.45) is 0. The summed E-state index contributed by atoms with van der Waals surface area (Å²) >= 11 is 0. The summed E-state index contributed by atoms with van der Waals surface area (Å²) in [6, 6.07) is 78.0. The minimum atomic E-state index is 0.963. The van der Waals surface area contributed by atoms with Crippen LogP contribution in [0.1, 0.15) is 0 Å². The summed E-state index contributed by atoms with van der Waals surface area (Å²) in [5.41, 5.74) is 16.8. The molecule has 0 saturated carbocycles. The number of para-hydroxylation sites is 2. The molecule has 258 valence electrons. The molecule has 0 aliphatic carbocycles. The molecule has 2 nitrogen and oxygen atoms in total. The molecule has 0 unspecified atom stereocenters. The first-order valence-corrected chi connectivity index (χ1v) is 18.8. The van der Waals surface area contributed by atoms with Gasteiger partial charge in [0, 0.05) is 44.3 Å². The van der Waals surface area contributed by atoms with Crippen LogP contribution in [-0.2, 0) is 0 Å². The largest absolute Gasteiger partial charge is 0.309 e. The van der Waals surface area contributed by atoms with Crippen molar-refractivity contribution in [1.29, 1.82) is 0 Å². The van der Waals surface area contributed by atoms with E-state index in [1.165, 1.54) is 38.5 Å². The van der Waals surface area contributed by atoms with Gasteiger partial charge in [0.15, 0.2) is 0 Å². The molecular formula is C53H36N2. The molecular weight excluding hydrogens is 665 g/mol. The van der Waals surface area contributed by atoms with Gasteiger partial charge < -0.3 is 4.57 Å². The predicted molar refractivity (Wildman–Crippen MR) is 231 cm³/mol. The first-order valence-electron chi connectivity index (χ1n) is 18.8. The second kappa shape index (κ2) is 13.9. The first-order chi connectivity index (χ1) is 27.3. The fourth-order valence-electron chi connectivity index (χ4n) is 8.09. The van der Waals surface area contributed by atoms with Crippen LogP contribution in [0.5, 0.6) is 0 Å². The van der Waals surface area contributed by atoms with Gasteiger partial charge in [-0.05, 0) is 52.1 Å². The van der Waals surface area contributed by atoms with E-state index < -0.39 is 0 Å². The van der Waals surface area contributed by atoms with Gasteiger partial charge in [0.1, 0.15) is 0 Å². The molecule has 0 saturated heterocycles. The molecule has 2 heterocycles. The summed E-state index contributed by atoms with van der Waals surface area (Å²) in [4.78, 5) is 5.58. The quantitative estimate of drug-likeness (QED) is 0.162.